The van der Waals surface area contributed by atoms with Crippen LogP contribution in [0.25, 0.3) is 21.8 Å². The lowest BCUT2D eigenvalue weighted by Crippen LogP contribution is -2.14. The predicted octanol–water partition coefficient (Wildman–Crippen LogP) is 4.47. The first-order chi connectivity index (χ1) is 12.7. The normalized spacial score (nSPS) is 10.8. The Balaban J connectivity index is 1.59. The molecule has 0 aliphatic rings. The molecule has 0 spiro atoms. The highest BCUT2D eigenvalue weighted by Crippen LogP contribution is 2.31. The Labute approximate surface area is 149 Å². The number of hydrogen-bond acceptors (Lipinski definition) is 4. The van der Waals surface area contributed by atoms with Crippen LogP contribution in [-0.2, 0) is 11.3 Å². The zero-order valence-electron chi connectivity index (χ0n) is 14.2. The second-order valence-electron chi connectivity index (χ2n) is 5.81. The molecule has 0 fully saturated rings. The molecule has 26 heavy (non-hydrogen) atoms. The molecule has 4 rings (SSSR count). The van der Waals surface area contributed by atoms with Crippen LogP contribution < -0.4 is 10.1 Å². The van der Waals surface area contributed by atoms with Crippen molar-refractivity contribution in [2.75, 3.05) is 12.4 Å². The highest BCUT2D eigenvalue weighted by atomic mass is 16.5. The molecule has 0 radical (unpaired) electrons. The molecule has 0 unspecified atom stereocenters. The van der Waals surface area contributed by atoms with Crippen LogP contribution in [0.1, 0.15) is 5.56 Å². The van der Waals surface area contributed by atoms with Crippen molar-refractivity contribution in [3.8, 4) is 5.75 Å². The summed E-state index contributed by atoms with van der Waals surface area (Å²) in [5.74, 6) is 1.18. The third kappa shape index (κ3) is 3.04. The van der Waals surface area contributed by atoms with Gasteiger partial charge in [-0.15, -0.1) is 0 Å². The zero-order valence-corrected chi connectivity index (χ0v) is 14.2. The van der Waals surface area contributed by atoms with Crippen LogP contribution in [-0.4, -0.2) is 23.2 Å². The van der Waals surface area contributed by atoms with E-state index >= 15 is 0 Å². The number of nitrogens with zero attached hydrogens (tertiary/aromatic N) is 1. The third-order valence-electron chi connectivity index (χ3n) is 4.16. The number of nitrogens with one attached hydrogen (secondary N) is 2. The fourth-order valence-electron chi connectivity index (χ4n) is 2.89. The van der Waals surface area contributed by atoms with E-state index in [2.05, 4.69) is 15.3 Å². The van der Waals surface area contributed by atoms with Crippen molar-refractivity contribution in [1.82, 2.24) is 9.97 Å². The van der Waals surface area contributed by atoms with Gasteiger partial charge in [0, 0.05) is 23.0 Å². The summed E-state index contributed by atoms with van der Waals surface area (Å²) in [5, 5.41) is 4.71. The van der Waals surface area contributed by atoms with Gasteiger partial charge in [-0.2, -0.15) is 0 Å². The number of fused-ring (bicyclic) bond motifs is 3. The van der Waals surface area contributed by atoms with Gasteiger partial charge in [0.25, 0.3) is 0 Å². The SMILES string of the molecule is COc1ccc2c(c1)[nH]c1c(NC(=O)OCc3ccccc3)nccc12. The first-order valence-corrected chi connectivity index (χ1v) is 8.17. The number of aromatic nitrogens is 2. The third-order valence-corrected chi connectivity index (χ3v) is 4.16. The van der Waals surface area contributed by atoms with Gasteiger partial charge in [0.15, 0.2) is 5.82 Å². The van der Waals surface area contributed by atoms with Crippen LogP contribution in [0.2, 0.25) is 0 Å². The Morgan fingerprint density at radius 3 is 2.77 bits per heavy atom. The molecule has 0 saturated heterocycles. The maximum Gasteiger partial charge on any atom is 0.413 e. The van der Waals surface area contributed by atoms with E-state index in [-0.39, 0.29) is 6.61 Å². The van der Waals surface area contributed by atoms with Crippen LogP contribution in [0.4, 0.5) is 10.6 Å². The Morgan fingerprint density at radius 2 is 1.96 bits per heavy atom. The summed E-state index contributed by atoms with van der Waals surface area (Å²) in [6.07, 6.45) is 1.11. The molecule has 6 nitrogen and oxygen atoms in total. The van der Waals surface area contributed by atoms with E-state index in [9.17, 15) is 4.79 Å². The number of pyridine rings is 1. The zero-order chi connectivity index (χ0) is 17.9. The number of carbonyl (C=O) groups is 1. The van der Waals surface area contributed by atoms with Crippen LogP contribution in [0.5, 0.6) is 5.75 Å². The van der Waals surface area contributed by atoms with Crippen LogP contribution in [0, 0.1) is 0 Å². The molecule has 0 saturated carbocycles. The summed E-state index contributed by atoms with van der Waals surface area (Å²) in [6, 6.07) is 17.2. The van der Waals surface area contributed by atoms with Crippen LogP contribution in [0.15, 0.2) is 60.8 Å². The lowest BCUT2D eigenvalue weighted by atomic mass is 10.2. The van der Waals surface area contributed by atoms with E-state index in [1.54, 1.807) is 13.3 Å². The van der Waals surface area contributed by atoms with Crippen molar-refractivity contribution in [3.63, 3.8) is 0 Å². The molecule has 2 aromatic heterocycles. The largest absolute Gasteiger partial charge is 0.497 e. The summed E-state index contributed by atoms with van der Waals surface area (Å²) >= 11 is 0. The Bertz CT molecular complexity index is 1070. The van der Waals surface area contributed by atoms with E-state index < -0.39 is 6.09 Å². The molecule has 1 amide bonds. The summed E-state index contributed by atoms with van der Waals surface area (Å²) < 4.78 is 10.5. The minimum absolute atomic E-state index is 0.201. The predicted molar refractivity (Wildman–Crippen MR) is 100 cm³/mol. The van der Waals surface area contributed by atoms with E-state index in [4.69, 9.17) is 9.47 Å². The van der Waals surface area contributed by atoms with Gasteiger partial charge in [0.1, 0.15) is 12.4 Å². The fraction of sp³-hybridized carbons (Fsp3) is 0.100. The fourth-order valence-corrected chi connectivity index (χ4v) is 2.89. The van der Waals surface area contributed by atoms with Crippen molar-refractivity contribution >= 4 is 33.7 Å². The van der Waals surface area contributed by atoms with Gasteiger partial charge < -0.3 is 14.5 Å². The lowest BCUT2D eigenvalue weighted by Gasteiger charge is -2.07. The smallest absolute Gasteiger partial charge is 0.413 e. The quantitative estimate of drug-likeness (QED) is 0.571. The van der Waals surface area contributed by atoms with Crippen molar-refractivity contribution in [2.24, 2.45) is 0 Å². The second kappa shape index (κ2) is 6.76. The summed E-state index contributed by atoms with van der Waals surface area (Å²) in [5.41, 5.74) is 2.58. The van der Waals surface area contributed by atoms with Gasteiger partial charge in [-0.25, -0.2) is 9.78 Å². The highest BCUT2D eigenvalue weighted by molar-refractivity contribution is 6.11. The Hall–Kier alpha value is -3.54. The van der Waals surface area contributed by atoms with E-state index in [1.165, 1.54) is 0 Å². The Morgan fingerprint density at radius 1 is 1.12 bits per heavy atom. The number of ether oxygens (including phenoxy) is 2. The van der Waals surface area contributed by atoms with Crippen LogP contribution in [0.3, 0.4) is 0 Å². The average Bonchev–Trinajstić information content (AvgIpc) is 3.06. The maximum atomic E-state index is 12.1. The Kier molecular flexibility index (Phi) is 4.15. The first-order valence-electron chi connectivity index (χ1n) is 8.17. The number of amides is 1. The number of hydrogen-bond donors (Lipinski definition) is 2. The number of anilines is 1. The molecular formula is C20H17N3O3. The number of aromatic amines is 1. The van der Waals surface area contributed by atoms with E-state index in [1.807, 2.05) is 54.6 Å². The summed E-state index contributed by atoms with van der Waals surface area (Å²) in [6.45, 7) is 0.201. The molecule has 0 aliphatic carbocycles. The van der Waals surface area contributed by atoms with Crippen molar-refractivity contribution in [3.05, 3.63) is 66.4 Å². The molecule has 0 aliphatic heterocycles. The van der Waals surface area contributed by atoms with E-state index in [0.717, 1.165) is 33.1 Å². The number of methoxy groups -OCH3 is 1. The minimum Gasteiger partial charge on any atom is -0.497 e. The van der Waals surface area contributed by atoms with Crippen molar-refractivity contribution in [2.45, 2.75) is 6.61 Å². The number of H-pyrrole nitrogens is 1. The molecule has 0 atom stereocenters. The molecule has 2 heterocycles. The molecule has 130 valence electrons. The van der Waals surface area contributed by atoms with Crippen molar-refractivity contribution in [1.29, 1.82) is 0 Å². The van der Waals surface area contributed by atoms with Gasteiger partial charge in [-0.1, -0.05) is 30.3 Å². The first kappa shape index (κ1) is 16.0. The van der Waals surface area contributed by atoms with Gasteiger partial charge in [-0.05, 0) is 23.8 Å². The second-order valence-corrected chi connectivity index (χ2v) is 5.81. The lowest BCUT2D eigenvalue weighted by molar-refractivity contribution is 0.155. The standard InChI is InChI=1S/C20H17N3O3/c1-25-14-7-8-15-16-9-10-21-19(18(16)22-17(15)11-14)23-20(24)26-12-13-5-3-2-4-6-13/h2-11,22H,12H2,1H3,(H,21,23,24). The van der Waals surface area contributed by atoms with Gasteiger partial charge in [-0.3, -0.25) is 5.32 Å². The molecule has 2 aromatic carbocycles. The molecule has 6 heteroatoms. The average molecular weight is 347 g/mol. The molecular weight excluding hydrogens is 330 g/mol. The monoisotopic (exact) mass is 347 g/mol. The summed E-state index contributed by atoms with van der Waals surface area (Å²) in [4.78, 5) is 19.7. The van der Waals surface area contributed by atoms with Crippen LogP contribution >= 0.6 is 0 Å². The topological polar surface area (TPSA) is 76.2 Å². The maximum absolute atomic E-state index is 12.1. The van der Waals surface area contributed by atoms with Crippen molar-refractivity contribution < 1.29 is 14.3 Å². The molecule has 2 N–H and O–H groups in total. The molecule has 4 aromatic rings. The van der Waals surface area contributed by atoms with Gasteiger partial charge >= 0.3 is 6.09 Å². The van der Waals surface area contributed by atoms with Gasteiger partial charge in [0.2, 0.25) is 0 Å². The minimum atomic E-state index is -0.551. The van der Waals surface area contributed by atoms with E-state index in [0.29, 0.717) is 5.82 Å². The number of rotatable bonds is 4. The highest BCUT2D eigenvalue weighted by Gasteiger charge is 2.12. The number of benzene rings is 2. The molecule has 0 bridgehead atoms. The van der Waals surface area contributed by atoms with Gasteiger partial charge in [0.05, 0.1) is 18.1 Å². The summed E-state index contributed by atoms with van der Waals surface area (Å²) in [7, 11) is 1.63. The number of carbonyl (C=O) groups excluding carboxylic acids is 1.